The van der Waals surface area contributed by atoms with Gasteiger partial charge in [-0.25, -0.2) is 0 Å². The van der Waals surface area contributed by atoms with Gasteiger partial charge in [-0.3, -0.25) is 4.98 Å². The van der Waals surface area contributed by atoms with Crippen molar-refractivity contribution in [3.8, 4) is 0 Å². The Hall–Kier alpha value is 0.0700. The number of fused-ring (bicyclic) bond motifs is 2. The highest BCUT2D eigenvalue weighted by atomic mass is 79.9. The van der Waals surface area contributed by atoms with Crippen molar-refractivity contribution in [2.24, 2.45) is 23.5 Å². The van der Waals surface area contributed by atoms with Gasteiger partial charge in [0.05, 0.1) is 5.69 Å². The highest BCUT2D eigenvalue weighted by Crippen LogP contribution is 2.50. The number of hydrogen-bond donors (Lipinski definition) is 1. The van der Waals surface area contributed by atoms with Crippen molar-refractivity contribution in [1.29, 1.82) is 0 Å². The van der Waals surface area contributed by atoms with Gasteiger partial charge in [0.2, 0.25) is 0 Å². The third-order valence-electron chi connectivity index (χ3n) is 4.63. The quantitative estimate of drug-likeness (QED) is 0.850. The maximum atomic E-state index is 6.35. The lowest BCUT2D eigenvalue weighted by molar-refractivity contribution is 0.294. The first-order valence-electron chi connectivity index (χ1n) is 6.70. The van der Waals surface area contributed by atoms with Gasteiger partial charge in [-0.2, -0.15) is 0 Å². The second-order valence-corrected chi connectivity index (χ2v) is 7.57. The fraction of sp³-hybridized carbons (Fsp3) is 0.643. The topological polar surface area (TPSA) is 38.9 Å². The average molecular weight is 374 g/mol. The molecule has 4 unspecified atom stereocenters. The minimum Gasteiger partial charge on any atom is -0.323 e. The molecule has 2 nitrogen and oxygen atoms in total. The molecule has 2 saturated carbocycles. The van der Waals surface area contributed by atoms with Crippen LogP contribution in [0.1, 0.15) is 43.8 Å². The molecule has 0 amide bonds. The van der Waals surface area contributed by atoms with Gasteiger partial charge in [-0.1, -0.05) is 6.42 Å². The molecule has 2 fully saturated rings. The lowest BCUT2D eigenvalue weighted by atomic mass is 9.84. The summed E-state index contributed by atoms with van der Waals surface area (Å²) >= 11 is 6.99. The summed E-state index contributed by atoms with van der Waals surface area (Å²) < 4.78 is 2.01. The van der Waals surface area contributed by atoms with E-state index in [9.17, 15) is 0 Å². The second kappa shape index (κ2) is 5.22. The molecule has 1 heterocycles. The standard InChI is InChI=1S/C14H18Br2N2/c15-11-6-12(16)14(18-7-11)13(17)5-10-4-8-1-2-9(10)3-8/h6-10,13H,1-5,17H2. The molecule has 2 aliphatic rings. The Morgan fingerprint density at radius 2 is 2.17 bits per heavy atom. The Bertz CT molecular complexity index is 449. The first-order chi connectivity index (χ1) is 8.63. The Morgan fingerprint density at radius 3 is 2.78 bits per heavy atom. The summed E-state index contributed by atoms with van der Waals surface area (Å²) in [4.78, 5) is 4.46. The van der Waals surface area contributed by atoms with Crippen molar-refractivity contribution in [1.82, 2.24) is 4.98 Å². The van der Waals surface area contributed by atoms with Gasteiger partial charge >= 0.3 is 0 Å². The number of nitrogens with zero attached hydrogens (tertiary/aromatic N) is 1. The van der Waals surface area contributed by atoms with Gasteiger partial charge in [0.15, 0.2) is 0 Å². The number of rotatable bonds is 3. The Kier molecular flexibility index (Phi) is 3.79. The fourth-order valence-electron chi connectivity index (χ4n) is 3.80. The molecule has 18 heavy (non-hydrogen) atoms. The number of aromatic nitrogens is 1. The molecule has 0 saturated heterocycles. The van der Waals surface area contributed by atoms with Gasteiger partial charge < -0.3 is 5.73 Å². The van der Waals surface area contributed by atoms with Crippen LogP contribution in [0.2, 0.25) is 0 Å². The second-order valence-electron chi connectivity index (χ2n) is 5.80. The summed E-state index contributed by atoms with van der Waals surface area (Å²) in [7, 11) is 0. The van der Waals surface area contributed by atoms with E-state index in [4.69, 9.17) is 5.73 Å². The maximum Gasteiger partial charge on any atom is 0.0713 e. The third kappa shape index (κ3) is 2.52. The lowest BCUT2D eigenvalue weighted by Gasteiger charge is -2.24. The van der Waals surface area contributed by atoms with Crippen LogP contribution in [0.25, 0.3) is 0 Å². The molecule has 0 aliphatic heterocycles. The van der Waals surface area contributed by atoms with Gasteiger partial charge in [-0.05, 0) is 81.4 Å². The zero-order valence-corrected chi connectivity index (χ0v) is 13.5. The Balaban J connectivity index is 1.69. The van der Waals surface area contributed by atoms with Gasteiger partial charge in [-0.15, -0.1) is 0 Å². The van der Waals surface area contributed by atoms with Gasteiger partial charge in [0, 0.05) is 21.2 Å². The Labute approximate surface area is 125 Å². The van der Waals surface area contributed by atoms with Gasteiger partial charge in [0.1, 0.15) is 0 Å². The number of nitrogens with two attached hydrogens (primary N) is 1. The van der Waals surface area contributed by atoms with E-state index in [1.165, 1.54) is 25.7 Å². The minimum absolute atomic E-state index is 0.0665. The predicted molar refractivity (Wildman–Crippen MR) is 80.1 cm³/mol. The van der Waals surface area contributed by atoms with Crippen molar-refractivity contribution in [2.45, 2.75) is 38.1 Å². The molecule has 98 valence electrons. The zero-order valence-electron chi connectivity index (χ0n) is 10.3. The van der Waals surface area contributed by atoms with E-state index in [1.54, 1.807) is 0 Å². The van der Waals surface area contributed by atoms with Crippen LogP contribution in [-0.2, 0) is 0 Å². The van der Waals surface area contributed by atoms with Crippen molar-refractivity contribution in [2.75, 3.05) is 0 Å². The van der Waals surface area contributed by atoms with Crippen LogP contribution >= 0.6 is 31.9 Å². The van der Waals surface area contributed by atoms with Crippen LogP contribution in [0.4, 0.5) is 0 Å². The van der Waals surface area contributed by atoms with Crippen LogP contribution in [0, 0.1) is 17.8 Å². The SMILES string of the molecule is NC(CC1CC2CCC1C2)c1ncc(Br)cc1Br. The molecule has 2 aliphatic carbocycles. The van der Waals surface area contributed by atoms with E-state index in [0.717, 1.165) is 38.8 Å². The third-order valence-corrected chi connectivity index (χ3v) is 5.70. The lowest BCUT2D eigenvalue weighted by Crippen LogP contribution is -2.20. The van der Waals surface area contributed by atoms with Crippen LogP contribution in [-0.4, -0.2) is 4.98 Å². The summed E-state index contributed by atoms with van der Waals surface area (Å²) in [5.74, 6) is 2.76. The minimum atomic E-state index is 0.0665. The molecule has 0 radical (unpaired) electrons. The highest BCUT2D eigenvalue weighted by molar-refractivity contribution is 9.11. The molecule has 4 atom stereocenters. The first kappa shape index (κ1) is 13.1. The van der Waals surface area contributed by atoms with E-state index < -0.39 is 0 Å². The van der Waals surface area contributed by atoms with Crippen LogP contribution in [0.5, 0.6) is 0 Å². The fourth-order valence-corrected chi connectivity index (χ4v) is 5.08. The molecule has 0 spiro atoms. The summed E-state index contributed by atoms with van der Waals surface area (Å²) in [5, 5.41) is 0. The van der Waals surface area contributed by atoms with E-state index in [-0.39, 0.29) is 6.04 Å². The first-order valence-corrected chi connectivity index (χ1v) is 8.28. The van der Waals surface area contributed by atoms with Gasteiger partial charge in [0.25, 0.3) is 0 Å². The molecule has 2 N–H and O–H groups in total. The molecule has 1 aromatic rings. The largest absolute Gasteiger partial charge is 0.323 e. The maximum absolute atomic E-state index is 6.35. The van der Waals surface area contributed by atoms with Crippen molar-refractivity contribution in [3.63, 3.8) is 0 Å². The molecule has 2 bridgehead atoms. The Morgan fingerprint density at radius 1 is 1.33 bits per heavy atom. The molecule has 4 heteroatoms. The van der Waals surface area contributed by atoms with Crippen LogP contribution < -0.4 is 5.73 Å². The number of halogens is 2. The van der Waals surface area contributed by atoms with Crippen molar-refractivity contribution >= 4 is 31.9 Å². The van der Waals surface area contributed by atoms with Crippen LogP contribution in [0.3, 0.4) is 0 Å². The predicted octanol–water partition coefficient (Wildman–Crippen LogP) is 4.43. The summed E-state index contributed by atoms with van der Waals surface area (Å²) in [6, 6.07) is 2.10. The number of hydrogen-bond acceptors (Lipinski definition) is 2. The normalized spacial score (nSPS) is 31.8. The van der Waals surface area contributed by atoms with E-state index in [1.807, 2.05) is 12.3 Å². The zero-order chi connectivity index (χ0) is 12.7. The van der Waals surface area contributed by atoms with Crippen LogP contribution in [0.15, 0.2) is 21.2 Å². The number of pyridine rings is 1. The summed E-state index contributed by atoms with van der Waals surface area (Å²) in [6.45, 7) is 0. The monoisotopic (exact) mass is 372 g/mol. The highest BCUT2D eigenvalue weighted by Gasteiger charge is 2.40. The molecule has 3 rings (SSSR count). The average Bonchev–Trinajstić information content (AvgIpc) is 2.90. The van der Waals surface area contributed by atoms with E-state index in [0.29, 0.717) is 0 Å². The summed E-state index contributed by atoms with van der Waals surface area (Å²) in [6.07, 6.45) is 8.65. The molecular weight excluding hydrogens is 356 g/mol. The summed E-state index contributed by atoms with van der Waals surface area (Å²) in [5.41, 5.74) is 7.35. The van der Waals surface area contributed by atoms with Crippen molar-refractivity contribution < 1.29 is 0 Å². The smallest absolute Gasteiger partial charge is 0.0713 e. The molecule has 0 aromatic carbocycles. The van der Waals surface area contributed by atoms with E-state index in [2.05, 4.69) is 36.8 Å². The van der Waals surface area contributed by atoms with Crippen molar-refractivity contribution in [3.05, 3.63) is 26.9 Å². The molecular formula is C14H18Br2N2. The molecule has 1 aromatic heterocycles. The van der Waals surface area contributed by atoms with E-state index >= 15 is 0 Å².